The Morgan fingerprint density at radius 1 is 0.481 bits per heavy atom. The zero-order valence-corrected chi connectivity index (χ0v) is 27.7. The second kappa shape index (κ2) is 11.9. The van der Waals surface area contributed by atoms with Crippen LogP contribution >= 0.6 is 0 Å². The highest BCUT2D eigenvalue weighted by atomic mass is 16.3. The van der Waals surface area contributed by atoms with E-state index in [0.717, 1.165) is 60.7 Å². The number of rotatable bonds is 5. The van der Waals surface area contributed by atoms with Crippen LogP contribution in [0.4, 0.5) is 5.69 Å². The molecule has 0 bridgehead atoms. The minimum Gasteiger partial charge on any atom is -0.457 e. The predicted molar refractivity (Wildman–Crippen MR) is 209 cm³/mol. The van der Waals surface area contributed by atoms with Crippen molar-refractivity contribution in [1.29, 1.82) is 0 Å². The molecule has 3 aromatic heterocycles. The van der Waals surface area contributed by atoms with Gasteiger partial charge >= 0.3 is 0 Å². The molecule has 0 saturated carbocycles. The van der Waals surface area contributed by atoms with E-state index in [-0.39, 0.29) is 0 Å². The van der Waals surface area contributed by atoms with Crippen LogP contribution in [0, 0.1) is 6.57 Å². The standard InChI is InChI=1S/C46H27N5O/c1-47-38-19-11-21-41-42(38)36-17-10-18-37(43(36)52-41)46-49-44(31-24-22-30(23-25-31)29-12-4-2-5-13-29)48-45(50-46)32-26-27-35-34-16-8-9-20-39(34)51(40(35)28-32)33-14-6-3-7-15-33/h2-28H. The lowest BCUT2D eigenvalue weighted by molar-refractivity contribution is 0.669. The lowest BCUT2D eigenvalue weighted by Crippen LogP contribution is -2.01. The van der Waals surface area contributed by atoms with Crippen molar-refractivity contribution in [2.75, 3.05) is 0 Å². The molecule has 10 rings (SSSR count). The van der Waals surface area contributed by atoms with E-state index in [1.165, 1.54) is 5.39 Å². The minimum atomic E-state index is 0.491. The van der Waals surface area contributed by atoms with Crippen LogP contribution in [0.5, 0.6) is 0 Å². The van der Waals surface area contributed by atoms with E-state index in [1.54, 1.807) is 0 Å². The van der Waals surface area contributed by atoms with E-state index >= 15 is 0 Å². The first-order chi connectivity index (χ1) is 25.7. The Balaban J connectivity index is 1.20. The Kier molecular flexibility index (Phi) is 6.76. The van der Waals surface area contributed by atoms with Gasteiger partial charge in [0.1, 0.15) is 11.2 Å². The van der Waals surface area contributed by atoms with E-state index in [4.69, 9.17) is 25.9 Å². The van der Waals surface area contributed by atoms with Crippen LogP contribution in [0.15, 0.2) is 168 Å². The molecule has 0 N–H and O–H groups in total. The highest BCUT2D eigenvalue weighted by Gasteiger charge is 2.20. The Labute approximate surface area is 298 Å². The summed E-state index contributed by atoms with van der Waals surface area (Å²) in [6, 6.07) is 55.5. The van der Waals surface area contributed by atoms with Crippen molar-refractivity contribution in [2.45, 2.75) is 0 Å². The molecule has 3 heterocycles. The highest BCUT2D eigenvalue weighted by Crippen LogP contribution is 2.40. The van der Waals surface area contributed by atoms with Gasteiger partial charge < -0.3 is 8.98 Å². The van der Waals surface area contributed by atoms with Crippen LogP contribution in [0.3, 0.4) is 0 Å². The van der Waals surface area contributed by atoms with Crippen molar-refractivity contribution < 1.29 is 4.42 Å². The molecule has 10 aromatic rings. The van der Waals surface area contributed by atoms with Crippen LogP contribution in [-0.4, -0.2) is 19.5 Å². The number of nitrogens with zero attached hydrogens (tertiary/aromatic N) is 5. The third kappa shape index (κ3) is 4.76. The van der Waals surface area contributed by atoms with Gasteiger partial charge in [0.05, 0.1) is 23.2 Å². The fourth-order valence-corrected chi connectivity index (χ4v) is 7.26. The van der Waals surface area contributed by atoms with Crippen molar-refractivity contribution in [3.8, 4) is 51.0 Å². The summed E-state index contributed by atoms with van der Waals surface area (Å²) in [5.74, 6) is 1.59. The molecule has 6 heteroatoms. The number of benzene rings is 7. The SMILES string of the molecule is [C-]#[N+]c1cccc2oc3c(-c4nc(-c5ccc(-c6ccccc6)cc5)nc(-c5ccc6c7ccccc7n(-c7ccccc7)c6c5)n4)cccc3c12. The smallest absolute Gasteiger partial charge is 0.198 e. The largest absolute Gasteiger partial charge is 0.457 e. The van der Waals surface area contributed by atoms with Gasteiger partial charge in [0, 0.05) is 38.4 Å². The molecule has 7 aromatic carbocycles. The van der Waals surface area contributed by atoms with Gasteiger partial charge in [-0.2, -0.15) is 0 Å². The summed E-state index contributed by atoms with van der Waals surface area (Å²) >= 11 is 0. The molecule has 0 aliphatic rings. The van der Waals surface area contributed by atoms with Crippen LogP contribution < -0.4 is 0 Å². The molecule has 0 atom stereocenters. The average Bonchev–Trinajstić information content (AvgIpc) is 3.77. The van der Waals surface area contributed by atoms with Gasteiger partial charge in [-0.3, -0.25) is 0 Å². The van der Waals surface area contributed by atoms with E-state index in [9.17, 15) is 0 Å². The molecular formula is C46H27N5O. The summed E-state index contributed by atoms with van der Waals surface area (Å²) in [6.07, 6.45) is 0. The zero-order valence-electron chi connectivity index (χ0n) is 27.7. The first-order valence-electron chi connectivity index (χ1n) is 17.1. The summed E-state index contributed by atoms with van der Waals surface area (Å²) in [6.45, 7) is 7.79. The first kappa shape index (κ1) is 29.5. The normalized spacial score (nSPS) is 11.4. The van der Waals surface area contributed by atoms with Crippen molar-refractivity contribution >= 4 is 49.4 Å². The van der Waals surface area contributed by atoms with Gasteiger partial charge in [0.15, 0.2) is 23.2 Å². The van der Waals surface area contributed by atoms with Gasteiger partial charge in [-0.15, -0.1) is 0 Å². The fraction of sp³-hybridized carbons (Fsp3) is 0. The number of fused-ring (bicyclic) bond motifs is 6. The van der Waals surface area contributed by atoms with E-state index in [0.29, 0.717) is 34.3 Å². The Hall–Kier alpha value is -7.36. The number of hydrogen-bond donors (Lipinski definition) is 0. The first-order valence-corrected chi connectivity index (χ1v) is 17.1. The number of furan rings is 1. The van der Waals surface area contributed by atoms with E-state index < -0.39 is 0 Å². The maximum absolute atomic E-state index is 7.79. The third-order valence-corrected chi connectivity index (χ3v) is 9.69. The van der Waals surface area contributed by atoms with Crippen LogP contribution in [0.1, 0.15) is 0 Å². The molecule has 0 radical (unpaired) electrons. The maximum atomic E-state index is 7.79. The lowest BCUT2D eigenvalue weighted by Gasteiger charge is -2.11. The monoisotopic (exact) mass is 665 g/mol. The second-order valence-electron chi connectivity index (χ2n) is 12.7. The molecule has 0 fully saturated rings. The van der Waals surface area contributed by atoms with Crippen LogP contribution in [0.2, 0.25) is 0 Å². The van der Waals surface area contributed by atoms with Gasteiger partial charge in [0.25, 0.3) is 0 Å². The molecule has 0 unspecified atom stereocenters. The molecule has 0 aliphatic carbocycles. The molecular weight excluding hydrogens is 639 g/mol. The summed E-state index contributed by atoms with van der Waals surface area (Å²) in [5.41, 5.74) is 9.83. The van der Waals surface area contributed by atoms with E-state index in [2.05, 4.69) is 113 Å². The maximum Gasteiger partial charge on any atom is 0.198 e. The molecule has 0 saturated heterocycles. The minimum absolute atomic E-state index is 0.491. The van der Waals surface area contributed by atoms with Crippen molar-refractivity contribution in [3.05, 3.63) is 175 Å². The van der Waals surface area contributed by atoms with Crippen molar-refractivity contribution in [3.63, 3.8) is 0 Å². The summed E-state index contributed by atoms with van der Waals surface area (Å²) in [4.78, 5) is 19.1. The van der Waals surface area contributed by atoms with Gasteiger partial charge in [-0.25, -0.2) is 19.8 Å². The molecule has 0 spiro atoms. The predicted octanol–water partition coefficient (Wildman–Crippen LogP) is 12.1. The van der Waals surface area contributed by atoms with E-state index in [1.807, 2.05) is 60.7 Å². The Bertz CT molecular complexity index is 3010. The van der Waals surface area contributed by atoms with Crippen molar-refractivity contribution in [2.24, 2.45) is 0 Å². The van der Waals surface area contributed by atoms with Gasteiger partial charge in [-0.1, -0.05) is 127 Å². The average molecular weight is 666 g/mol. The Morgan fingerprint density at radius 2 is 1.10 bits per heavy atom. The Morgan fingerprint density at radius 3 is 1.90 bits per heavy atom. The van der Waals surface area contributed by atoms with Gasteiger partial charge in [-0.05, 0) is 47.5 Å². The summed E-state index contributed by atoms with van der Waals surface area (Å²) < 4.78 is 8.74. The summed E-state index contributed by atoms with van der Waals surface area (Å²) in [7, 11) is 0. The van der Waals surface area contributed by atoms with Gasteiger partial charge in [0.2, 0.25) is 0 Å². The molecule has 52 heavy (non-hydrogen) atoms. The highest BCUT2D eigenvalue weighted by molar-refractivity contribution is 6.14. The van der Waals surface area contributed by atoms with Crippen molar-refractivity contribution in [1.82, 2.24) is 19.5 Å². The zero-order chi connectivity index (χ0) is 34.6. The molecule has 0 aliphatic heterocycles. The topological polar surface area (TPSA) is 61.1 Å². The lowest BCUT2D eigenvalue weighted by atomic mass is 10.0. The van der Waals surface area contributed by atoms with Crippen LogP contribution in [0.25, 0.3) is 99.6 Å². The number of hydrogen-bond acceptors (Lipinski definition) is 4. The number of aromatic nitrogens is 4. The van der Waals surface area contributed by atoms with Crippen LogP contribution in [-0.2, 0) is 0 Å². The summed E-state index contributed by atoms with van der Waals surface area (Å²) in [5, 5.41) is 3.97. The molecule has 242 valence electrons. The molecule has 6 nitrogen and oxygen atoms in total. The quantitative estimate of drug-likeness (QED) is 0.172. The third-order valence-electron chi connectivity index (χ3n) is 9.69. The number of para-hydroxylation sites is 3. The fourth-order valence-electron chi connectivity index (χ4n) is 7.26. The molecule has 0 amide bonds. The second-order valence-corrected chi connectivity index (χ2v) is 12.7.